The van der Waals surface area contributed by atoms with Crippen molar-refractivity contribution in [3.63, 3.8) is 0 Å². The summed E-state index contributed by atoms with van der Waals surface area (Å²) in [4.78, 5) is 28.0. The zero-order chi connectivity index (χ0) is 15.7. The van der Waals surface area contributed by atoms with Crippen LogP contribution in [-0.2, 0) is 24.8 Å². The lowest BCUT2D eigenvalue weighted by Crippen LogP contribution is -2.29. The summed E-state index contributed by atoms with van der Waals surface area (Å²) in [6, 6.07) is 6.05. The quantitative estimate of drug-likeness (QED) is 0.788. The first-order valence-electron chi connectivity index (χ1n) is 6.84. The number of nitrogens with one attached hydrogen (secondary N) is 1. The number of thiazole rings is 1. The normalized spacial score (nSPS) is 11.0. The van der Waals surface area contributed by atoms with Crippen molar-refractivity contribution in [3.8, 4) is 0 Å². The van der Waals surface area contributed by atoms with E-state index in [1.165, 1.54) is 27.8 Å². The molecular weight excluding hydrogens is 302 g/mol. The van der Waals surface area contributed by atoms with Gasteiger partial charge < -0.3 is 5.32 Å². The molecule has 7 nitrogen and oxygen atoms in total. The summed E-state index contributed by atoms with van der Waals surface area (Å²) in [5, 5.41) is 7.09. The summed E-state index contributed by atoms with van der Waals surface area (Å²) in [7, 11) is 1.59. The summed E-state index contributed by atoms with van der Waals surface area (Å²) in [5.41, 5.74) is 1.76. The number of anilines is 1. The zero-order valence-corrected chi connectivity index (χ0v) is 13.1. The van der Waals surface area contributed by atoms with Crippen molar-refractivity contribution in [2.75, 3.05) is 5.32 Å². The van der Waals surface area contributed by atoms with Crippen molar-refractivity contribution in [3.05, 3.63) is 40.6 Å². The Morgan fingerprint density at radius 2 is 2.23 bits per heavy atom. The topological polar surface area (TPSA) is 81.8 Å². The number of benzene rings is 1. The summed E-state index contributed by atoms with van der Waals surface area (Å²) in [6.07, 6.45) is 2.33. The average molecular weight is 317 g/mol. The van der Waals surface area contributed by atoms with E-state index in [-0.39, 0.29) is 18.1 Å². The van der Waals surface area contributed by atoms with Crippen molar-refractivity contribution in [1.29, 1.82) is 0 Å². The molecule has 0 aliphatic carbocycles. The Morgan fingerprint density at radius 3 is 2.91 bits per heavy atom. The third kappa shape index (κ3) is 2.77. The van der Waals surface area contributed by atoms with Crippen LogP contribution in [0.1, 0.15) is 12.5 Å². The van der Waals surface area contributed by atoms with E-state index in [9.17, 15) is 9.59 Å². The van der Waals surface area contributed by atoms with Crippen molar-refractivity contribution >= 4 is 32.6 Å². The van der Waals surface area contributed by atoms with Crippen molar-refractivity contribution in [1.82, 2.24) is 19.3 Å². The van der Waals surface area contributed by atoms with Gasteiger partial charge in [-0.1, -0.05) is 24.3 Å². The number of carbonyl (C=O) groups excluding carboxylic acids is 1. The molecule has 1 N–H and O–H groups in total. The predicted octanol–water partition coefficient (Wildman–Crippen LogP) is 1.39. The highest BCUT2D eigenvalue weighted by molar-refractivity contribution is 7.22. The van der Waals surface area contributed by atoms with E-state index in [1.807, 2.05) is 12.1 Å². The molecule has 0 aliphatic rings. The van der Waals surface area contributed by atoms with Crippen LogP contribution in [0.25, 0.3) is 10.2 Å². The Bertz CT molecular complexity index is 892. The van der Waals surface area contributed by atoms with Crippen LogP contribution in [0.15, 0.2) is 29.3 Å². The van der Waals surface area contributed by atoms with E-state index in [4.69, 9.17) is 0 Å². The number of rotatable bonds is 4. The number of carbonyl (C=O) groups is 1. The standard InChI is InChI=1S/C14H15N5O2S/c1-3-9-4-5-10-11(6-9)22-13(16-10)17-12(20)7-19-14(21)18(2)8-15-19/h4-6,8H,3,7H2,1-2H3,(H,16,17,20). The van der Waals surface area contributed by atoms with Gasteiger partial charge in [0.2, 0.25) is 5.91 Å². The van der Waals surface area contributed by atoms with Crippen LogP contribution in [0.5, 0.6) is 0 Å². The number of fused-ring (bicyclic) bond motifs is 1. The largest absolute Gasteiger partial charge is 0.345 e. The van der Waals surface area contributed by atoms with Crippen LogP contribution in [0.4, 0.5) is 5.13 Å². The summed E-state index contributed by atoms with van der Waals surface area (Å²) < 4.78 is 3.46. The van der Waals surface area contributed by atoms with Crippen LogP contribution in [0.2, 0.25) is 0 Å². The maximum Gasteiger partial charge on any atom is 0.345 e. The molecule has 0 fully saturated rings. The molecule has 0 radical (unpaired) electrons. The molecule has 2 aromatic heterocycles. The fourth-order valence-corrected chi connectivity index (χ4v) is 3.01. The van der Waals surface area contributed by atoms with Gasteiger partial charge in [-0.15, -0.1) is 0 Å². The van der Waals surface area contributed by atoms with Gasteiger partial charge in [0.1, 0.15) is 12.9 Å². The minimum atomic E-state index is -0.327. The minimum absolute atomic E-state index is 0.129. The highest BCUT2D eigenvalue weighted by Gasteiger charge is 2.11. The number of amides is 1. The lowest BCUT2D eigenvalue weighted by atomic mass is 10.2. The fraction of sp³-hybridized carbons (Fsp3) is 0.286. The number of aromatic nitrogens is 4. The van der Waals surface area contributed by atoms with Crippen molar-refractivity contribution in [2.45, 2.75) is 19.9 Å². The molecule has 114 valence electrons. The first-order chi connectivity index (χ1) is 10.6. The second-order valence-corrected chi connectivity index (χ2v) is 5.94. The molecular formula is C14H15N5O2S. The molecule has 0 spiro atoms. The van der Waals surface area contributed by atoms with Crippen LogP contribution in [0.3, 0.4) is 0 Å². The maximum absolute atomic E-state index is 12.0. The number of nitrogens with zero attached hydrogens (tertiary/aromatic N) is 4. The van der Waals surface area contributed by atoms with E-state index < -0.39 is 0 Å². The minimum Gasteiger partial charge on any atom is -0.300 e. The average Bonchev–Trinajstić information content (AvgIpc) is 3.03. The van der Waals surface area contributed by atoms with E-state index >= 15 is 0 Å². The lowest BCUT2D eigenvalue weighted by Gasteiger charge is -2.00. The maximum atomic E-state index is 12.0. The monoisotopic (exact) mass is 317 g/mol. The second kappa shape index (κ2) is 5.72. The molecule has 0 bridgehead atoms. The van der Waals surface area contributed by atoms with Gasteiger partial charge >= 0.3 is 5.69 Å². The Morgan fingerprint density at radius 1 is 1.41 bits per heavy atom. The van der Waals surface area contributed by atoms with Gasteiger partial charge in [0.05, 0.1) is 10.2 Å². The molecule has 3 rings (SSSR count). The molecule has 22 heavy (non-hydrogen) atoms. The summed E-state index contributed by atoms with van der Waals surface area (Å²) in [6.45, 7) is 1.96. The van der Waals surface area contributed by atoms with E-state index in [0.29, 0.717) is 5.13 Å². The highest BCUT2D eigenvalue weighted by Crippen LogP contribution is 2.26. The molecule has 0 saturated carbocycles. The van der Waals surface area contributed by atoms with Crippen LogP contribution >= 0.6 is 11.3 Å². The van der Waals surface area contributed by atoms with E-state index in [2.05, 4.69) is 28.4 Å². The Hall–Kier alpha value is -2.48. The van der Waals surface area contributed by atoms with Gasteiger partial charge in [0.15, 0.2) is 5.13 Å². The van der Waals surface area contributed by atoms with Gasteiger partial charge in [0.25, 0.3) is 0 Å². The van der Waals surface area contributed by atoms with Crippen molar-refractivity contribution in [2.24, 2.45) is 7.05 Å². The SMILES string of the molecule is CCc1ccc2nc(NC(=O)Cn3ncn(C)c3=O)sc2c1. The lowest BCUT2D eigenvalue weighted by molar-refractivity contribution is -0.117. The fourth-order valence-electron chi connectivity index (χ4n) is 2.07. The van der Waals surface area contributed by atoms with Gasteiger partial charge in [-0.3, -0.25) is 9.36 Å². The first kappa shape index (κ1) is 14.5. The number of aryl methyl sites for hydroxylation is 2. The Balaban J connectivity index is 1.76. The molecule has 1 amide bonds. The molecule has 0 unspecified atom stereocenters. The van der Waals surface area contributed by atoms with Crippen LogP contribution in [0, 0.1) is 0 Å². The molecule has 1 aromatic carbocycles. The van der Waals surface area contributed by atoms with Crippen molar-refractivity contribution < 1.29 is 4.79 Å². The van der Waals surface area contributed by atoms with Crippen LogP contribution < -0.4 is 11.0 Å². The van der Waals surface area contributed by atoms with E-state index in [0.717, 1.165) is 21.3 Å². The third-order valence-electron chi connectivity index (χ3n) is 3.29. The summed E-state index contributed by atoms with van der Waals surface area (Å²) in [5.74, 6) is -0.324. The third-order valence-corrected chi connectivity index (χ3v) is 4.22. The molecule has 0 saturated heterocycles. The Kier molecular flexibility index (Phi) is 3.76. The first-order valence-corrected chi connectivity index (χ1v) is 7.66. The molecule has 0 atom stereocenters. The van der Waals surface area contributed by atoms with E-state index in [1.54, 1.807) is 7.05 Å². The van der Waals surface area contributed by atoms with Gasteiger partial charge in [-0.05, 0) is 24.1 Å². The van der Waals surface area contributed by atoms with Gasteiger partial charge in [0, 0.05) is 7.05 Å². The van der Waals surface area contributed by atoms with Gasteiger partial charge in [-0.25, -0.2) is 14.5 Å². The van der Waals surface area contributed by atoms with Crippen LogP contribution in [-0.4, -0.2) is 25.2 Å². The molecule has 3 aromatic rings. The zero-order valence-electron chi connectivity index (χ0n) is 12.2. The van der Waals surface area contributed by atoms with Gasteiger partial charge in [-0.2, -0.15) is 5.10 Å². The Labute approximate surface area is 130 Å². The highest BCUT2D eigenvalue weighted by atomic mass is 32.1. The number of hydrogen-bond acceptors (Lipinski definition) is 5. The summed E-state index contributed by atoms with van der Waals surface area (Å²) >= 11 is 1.42. The molecule has 2 heterocycles. The number of hydrogen-bond donors (Lipinski definition) is 1. The predicted molar refractivity (Wildman–Crippen MR) is 85.1 cm³/mol. The molecule has 8 heteroatoms. The smallest absolute Gasteiger partial charge is 0.300 e. The molecule has 0 aliphatic heterocycles. The second-order valence-electron chi connectivity index (χ2n) is 4.90.